The second kappa shape index (κ2) is 4.62. The maximum atomic E-state index is 5.62. The topological polar surface area (TPSA) is 61.3 Å². The van der Waals surface area contributed by atoms with Crippen LogP contribution in [0.2, 0.25) is 0 Å². The van der Waals surface area contributed by atoms with Crippen LogP contribution >= 0.6 is 38.5 Å². The van der Waals surface area contributed by atoms with E-state index < -0.39 is 0 Å². The highest BCUT2D eigenvalue weighted by Gasteiger charge is 2.14. The SMILES string of the molecule is COc1ccc(-c2onc(N)c2I)cc1Br. The van der Waals surface area contributed by atoms with Crippen LogP contribution in [-0.2, 0) is 0 Å². The zero-order chi connectivity index (χ0) is 11.7. The molecule has 2 rings (SSSR count). The van der Waals surface area contributed by atoms with Crippen LogP contribution in [-0.4, -0.2) is 12.3 Å². The van der Waals surface area contributed by atoms with Crippen molar-refractivity contribution < 1.29 is 9.26 Å². The van der Waals surface area contributed by atoms with Gasteiger partial charge in [0.25, 0.3) is 0 Å². The van der Waals surface area contributed by atoms with E-state index in [2.05, 4.69) is 43.7 Å². The third kappa shape index (κ3) is 2.03. The minimum atomic E-state index is 0.405. The number of ether oxygens (including phenoxy) is 1. The van der Waals surface area contributed by atoms with Gasteiger partial charge >= 0.3 is 0 Å². The Morgan fingerprint density at radius 1 is 1.50 bits per heavy atom. The fourth-order valence-electron chi connectivity index (χ4n) is 1.28. The Morgan fingerprint density at radius 2 is 2.25 bits per heavy atom. The average Bonchev–Trinajstić information content (AvgIpc) is 2.60. The summed E-state index contributed by atoms with van der Waals surface area (Å²) in [5.74, 6) is 1.84. The molecule has 1 heterocycles. The van der Waals surface area contributed by atoms with Gasteiger partial charge in [0.1, 0.15) is 9.32 Å². The first-order valence-corrected chi connectivity index (χ1v) is 6.25. The summed E-state index contributed by atoms with van der Waals surface area (Å²) < 4.78 is 12.0. The van der Waals surface area contributed by atoms with E-state index in [1.807, 2.05) is 18.2 Å². The molecule has 0 aliphatic rings. The van der Waals surface area contributed by atoms with E-state index in [1.165, 1.54) is 0 Å². The number of aromatic nitrogens is 1. The Kier molecular flexibility index (Phi) is 3.38. The first-order valence-electron chi connectivity index (χ1n) is 4.38. The zero-order valence-electron chi connectivity index (χ0n) is 8.33. The highest BCUT2D eigenvalue weighted by Crippen LogP contribution is 2.34. The Morgan fingerprint density at radius 3 is 2.75 bits per heavy atom. The van der Waals surface area contributed by atoms with Crippen LogP contribution in [0, 0.1) is 3.57 Å². The molecule has 0 fully saturated rings. The third-order valence-electron chi connectivity index (χ3n) is 2.07. The molecule has 2 aromatic rings. The number of nitrogens with two attached hydrogens (primary N) is 1. The molecule has 0 spiro atoms. The van der Waals surface area contributed by atoms with E-state index in [9.17, 15) is 0 Å². The largest absolute Gasteiger partial charge is 0.496 e. The minimum Gasteiger partial charge on any atom is -0.496 e. The standard InChI is InChI=1S/C10H8BrIN2O2/c1-15-7-3-2-5(4-6(7)11)9-8(12)10(13)14-16-9/h2-4H,1H3,(H2,13,14). The van der Waals surface area contributed by atoms with Crippen molar-refractivity contribution in [2.45, 2.75) is 0 Å². The van der Waals surface area contributed by atoms with E-state index in [-0.39, 0.29) is 0 Å². The third-order valence-corrected chi connectivity index (χ3v) is 3.74. The van der Waals surface area contributed by atoms with Crippen molar-refractivity contribution in [1.82, 2.24) is 5.16 Å². The number of halogens is 2. The summed E-state index contributed by atoms with van der Waals surface area (Å²) in [5.41, 5.74) is 6.53. The molecule has 4 nitrogen and oxygen atoms in total. The minimum absolute atomic E-state index is 0.405. The van der Waals surface area contributed by atoms with E-state index in [4.69, 9.17) is 15.0 Å². The quantitative estimate of drug-likeness (QED) is 0.794. The number of nitrogen functional groups attached to an aromatic ring is 1. The second-order valence-electron chi connectivity index (χ2n) is 3.06. The van der Waals surface area contributed by atoms with Crippen LogP contribution < -0.4 is 10.5 Å². The Bertz CT molecular complexity index is 528. The number of benzene rings is 1. The first-order chi connectivity index (χ1) is 7.63. The van der Waals surface area contributed by atoms with Crippen molar-refractivity contribution in [3.05, 3.63) is 26.2 Å². The molecule has 16 heavy (non-hydrogen) atoms. The van der Waals surface area contributed by atoms with Crippen molar-refractivity contribution >= 4 is 44.3 Å². The van der Waals surface area contributed by atoms with Crippen LogP contribution in [0.15, 0.2) is 27.2 Å². The Hall–Kier alpha value is -0.760. The fourth-order valence-corrected chi connectivity index (χ4v) is 2.33. The lowest BCUT2D eigenvalue weighted by Gasteiger charge is -2.04. The number of rotatable bonds is 2. The summed E-state index contributed by atoms with van der Waals surface area (Å²) in [6, 6.07) is 5.65. The summed E-state index contributed by atoms with van der Waals surface area (Å²) in [4.78, 5) is 0. The molecule has 0 bridgehead atoms. The fraction of sp³-hybridized carbons (Fsp3) is 0.100. The number of methoxy groups -OCH3 is 1. The Labute approximate surface area is 114 Å². The first kappa shape index (κ1) is 11.7. The molecule has 0 atom stereocenters. The summed E-state index contributed by atoms with van der Waals surface area (Å²) in [7, 11) is 1.62. The number of anilines is 1. The Balaban J connectivity index is 2.49. The number of hydrogen-bond donors (Lipinski definition) is 1. The predicted molar refractivity (Wildman–Crippen MR) is 73.3 cm³/mol. The van der Waals surface area contributed by atoms with Gasteiger partial charge in [-0.3, -0.25) is 0 Å². The molecular formula is C10H8BrIN2O2. The molecule has 0 aliphatic heterocycles. The lowest BCUT2D eigenvalue weighted by molar-refractivity contribution is 0.412. The van der Waals surface area contributed by atoms with Crippen molar-refractivity contribution in [1.29, 1.82) is 0 Å². The van der Waals surface area contributed by atoms with Crippen LogP contribution in [0.3, 0.4) is 0 Å². The molecule has 1 aromatic heterocycles. The van der Waals surface area contributed by atoms with Gasteiger partial charge in [-0.25, -0.2) is 0 Å². The predicted octanol–water partition coefficient (Wildman–Crippen LogP) is 3.30. The number of nitrogens with zero attached hydrogens (tertiary/aromatic N) is 1. The van der Waals surface area contributed by atoms with Crippen molar-refractivity contribution in [2.24, 2.45) is 0 Å². The van der Waals surface area contributed by atoms with Gasteiger partial charge in [-0.2, -0.15) is 0 Å². The molecule has 2 N–H and O–H groups in total. The molecule has 6 heteroatoms. The lowest BCUT2D eigenvalue weighted by atomic mass is 10.1. The molecule has 0 saturated heterocycles. The van der Waals surface area contributed by atoms with Crippen LogP contribution in [0.1, 0.15) is 0 Å². The second-order valence-corrected chi connectivity index (χ2v) is 4.99. The van der Waals surface area contributed by atoms with Gasteiger partial charge in [0.2, 0.25) is 0 Å². The summed E-state index contributed by atoms with van der Waals surface area (Å²) in [6.07, 6.45) is 0. The van der Waals surface area contributed by atoms with Crippen LogP contribution in [0.25, 0.3) is 11.3 Å². The summed E-state index contributed by atoms with van der Waals surface area (Å²) in [6.45, 7) is 0. The van der Waals surface area contributed by atoms with Gasteiger partial charge in [-0.05, 0) is 56.7 Å². The van der Waals surface area contributed by atoms with Crippen molar-refractivity contribution in [3.8, 4) is 17.1 Å². The summed E-state index contributed by atoms with van der Waals surface area (Å²) >= 11 is 5.52. The maximum Gasteiger partial charge on any atom is 0.182 e. The molecular weight excluding hydrogens is 387 g/mol. The van der Waals surface area contributed by atoms with Crippen molar-refractivity contribution in [2.75, 3.05) is 12.8 Å². The maximum absolute atomic E-state index is 5.62. The summed E-state index contributed by atoms with van der Waals surface area (Å²) in [5, 5.41) is 3.71. The van der Waals surface area contributed by atoms with E-state index in [1.54, 1.807) is 7.11 Å². The van der Waals surface area contributed by atoms with Crippen LogP contribution in [0.5, 0.6) is 5.75 Å². The number of hydrogen-bond acceptors (Lipinski definition) is 4. The highest BCUT2D eigenvalue weighted by molar-refractivity contribution is 14.1. The lowest BCUT2D eigenvalue weighted by Crippen LogP contribution is -1.87. The molecule has 0 amide bonds. The van der Waals surface area contributed by atoms with Gasteiger partial charge in [0.05, 0.1) is 11.6 Å². The average molecular weight is 395 g/mol. The van der Waals surface area contributed by atoms with Crippen LogP contribution in [0.4, 0.5) is 5.82 Å². The van der Waals surface area contributed by atoms with Crippen molar-refractivity contribution in [3.63, 3.8) is 0 Å². The van der Waals surface area contributed by atoms with E-state index in [0.717, 1.165) is 19.4 Å². The highest BCUT2D eigenvalue weighted by atomic mass is 127. The van der Waals surface area contributed by atoms with E-state index >= 15 is 0 Å². The molecule has 0 radical (unpaired) electrons. The molecule has 1 aromatic carbocycles. The molecule has 84 valence electrons. The van der Waals surface area contributed by atoms with E-state index in [0.29, 0.717) is 11.6 Å². The van der Waals surface area contributed by atoms with Gasteiger partial charge in [0.15, 0.2) is 11.6 Å². The van der Waals surface area contributed by atoms with Gasteiger partial charge in [-0.15, -0.1) is 0 Å². The van der Waals surface area contributed by atoms with Gasteiger partial charge in [-0.1, -0.05) is 5.16 Å². The van der Waals surface area contributed by atoms with Gasteiger partial charge < -0.3 is 15.0 Å². The normalized spacial score (nSPS) is 10.4. The smallest absolute Gasteiger partial charge is 0.182 e. The molecule has 0 aliphatic carbocycles. The zero-order valence-corrected chi connectivity index (χ0v) is 12.1. The molecule has 0 unspecified atom stereocenters. The monoisotopic (exact) mass is 394 g/mol. The molecule has 0 saturated carbocycles. The van der Waals surface area contributed by atoms with Gasteiger partial charge in [0, 0.05) is 5.56 Å².